The Balaban J connectivity index is 1.48. The SMILES string of the molecule is Cc1cccc(CCC(=O)N2CCN(C(=O)c3cnccn3)CC2)c1. The number of aromatic nitrogens is 2. The van der Waals surface area contributed by atoms with Crippen LogP contribution in [0.1, 0.15) is 28.0 Å². The molecular formula is C19H22N4O2. The van der Waals surface area contributed by atoms with Gasteiger partial charge in [0, 0.05) is 45.0 Å². The third kappa shape index (κ3) is 4.41. The maximum Gasteiger partial charge on any atom is 0.274 e. The van der Waals surface area contributed by atoms with Gasteiger partial charge in [-0.15, -0.1) is 0 Å². The van der Waals surface area contributed by atoms with Crippen LogP contribution in [0, 0.1) is 6.92 Å². The van der Waals surface area contributed by atoms with E-state index >= 15 is 0 Å². The summed E-state index contributed by atoms with van der Waals surface area (Å²) < 4.78 is 0. The van der Waals surface area contributed by atoms with Crippen LogP contribution in [0.3, 0.4) is 0 Å². The highest BCUT2D eigenvalue weighted by atomic mass is 16.2. The number of aryl methyl sites for hydroxylation is 2. The topological polar surface area (TPSA) is 66.4 Å². The molecule has 6 heteroatoms. The molecule has 1 aliphatic heterocycles. The third-order valence-corrected chi connectivity index (χ3v) is 4.41. The second kappa shape index (κ2) is 7.88. The predicted molar refractivity (Wildman–Crippen MR) is 94.0 cm³/mol. The van der Waals surface area contributed by atoms with Crippen LogP contribution in [-0.4, -0.2) is 57.8 Å². The van der Waals surface area contributed by atoms with Gasteiger partial charge in [0.15, 0.2) is 0 Å². The van der Waals surface area contributed by atoms with Gasteiger partial charge in [0.25, 0.3) is 5.91 Å². The van der Waals surface area contributed by atoms with Gasteiger partial charge in [-0.2, -0.15) is 0 Å². The van der Waals surface area contributed by atoms with Gasteiger partial charge in [0.05, 0.1) is 6.20 Å². The summed E-state index contributed by atoms with van der Waals surface area (Å²) in [7, 11) is 0. The Labute approximate surface area is 147 Å². The van der Waals surface area contributed by atoms with E-state index in [2.05, 4.69) is 35.1 Å². The Bertz CT molecular complexity index is 740. The summed E-state index contributed by atoms with van der Waals surface area (Å²) in [5, 5.41) is 0. The van der Waals surface area contributed by atoms with Crippen molar-refractivity contribution in [2.24, 2.45) is 0 Å². The summed E-state index contributed by atoms with van der Waals surface area (Å²) in [6.45, 7) is 4.26. The summed E-state index contributed by atoms with van der Waals surface area (Å²) >= 11 is 0. The molecule has 1 fully saturated rings. The molecule has 3 rings (SSSR count). The van der Waals surface area contributed by atoms with E-state index in [1.165, 1.54) is 23.5 Å². The first kappa shape index (κ1) is 17.1. The van der Waals surface area contributed by atoms with Gasteiger partial charge in [-0.25, -0.2) is 4.98 Å². The van der Waals surface area contributed by atoms with Gasteiger partial charge >= 0.3 is 0 Å². The minimum Gasteiger partial charge on any atom is -0.339 e. The Hall–Kier alpha value is -2.76. The lowest BCUT2D eigenvalue weighted by atomic mass is 10.1. The number of carbonyl (C=O) groups is 2. The van der Waals surface area contributed by atoms with Crippen molar-refractivity contribution in [1.29, 1.82) is 0 Å². The molecule has 130 valence electrons. The zero-order valence-corrected chi connectivity index (χ0v) is 14.4. The van der Waals surface area contributed by atoms with E-state index in [4.69, 9.17) is 0 Å². The van der Waals surface area contributed by atoms with Crippen LogP contribution in [0.5, 0.6) is 0 Å². The molecule has 0 radical (unpaired) electrons. The zero-order valence-electron chi connectivity index (χ0n) is 14.4. The molecule has 0 aliphatic carbocycles. The molecule has 0 bridgehead atoms. The van der Waals surface area contributed by atoms with E-state index in [1.807, 2.05) is 11.0 Å². The van der Waals surface area contributed by atoms with Crippen molar-refractivity contribution in [3.8, 4) is 0 Å². The molecular weight excluding hydrogens is 316 g/mol. The number of hydrogen-bond acceptors (Lipinski definition) is 4. The van der Waals surface area contributed by atoms with Crippen LogP contribution in [0.15, 0.2) is 42.9 Å². The van der Waals surface area contributed by atoms with Crippen LogP contribution < -0.4 is 0 Å². The summed E-state index contributed by atoms with van der Waals surface area (Å²) in [6, 6.07) is 8.24. The molecule has 1 aliphatic rings. The number of amides is 2. The summed E-state index contributed by atoms with van der Waals surface area (Å²) in [6.07, 6.45) is 5.78. The lowest BCUT2D eigenvalue weighted by Gasteiger charge is -2.34. The molecule has 1 aromatic carbocycles. The smallest absolute Gasteiger partial charge is 0.274 e. The first-order chi connectivity index (χ1) is 12.1. The number of benzene rings is 1. The Morgan fingerprint density at radius 3 is 2.52 bits per heavy atom. The summed E-state index contributed by atoms with van der Waals surface area (Å²) in [5.74, 6) is 0.0214. The molecule has 25 heavy (non-hydrogen) atoms. The van der Waals surface area contributed by atoms with Crippen molar-refractivity contribution >= 4 is 11.8 Å². The highest BCUT2D eigenvalue weighted by Crippen LogP contribution is 2.11. The van der Waals surface area contributed by atoms with Gasteiger partial charge in [-0.05, 0) is 18.9 Å². The maximum atomic E-state index is 12.4. The van der Waals surface area contributed by atoms with E-state index < -0.39 is 0 Å². The largest absolute Gasteiger partial charge is 0.339 e. The monoisotopic (exact) mass is 338 g/mol. The van der Waals surface area contributed by atoms with Crippen LogP contribution >= 0.6 is 0 Å². The van der Waals surface area contributed by atoms with Gasteiger partial charge in [-0.1, -0.05) is 29.8 Å². The number of piperazine rings is 1. The van der Waals surface area contributed by atoms with Crippen molar-refractivity contribution in [2.45, 2.75) is 19.8 Å². The van der Waals surface area contributed by atoms with Crippen molar-refractivity contribution in [3.05, 3.63) is 59.7 Å². The van der Waals surface area contributed by atoms with Crippen molar-refractivity contribution < 1.29 is 9.59 Å². The summed E-state index contributed by atoms with van der Waals surface area (Å²) in [5.41, 5.74) is 2.74. The molecule has 2 heterocycles. The molecule has 0 saturated carbocycles. The number of carbonyl (C=O) groups excluding carboxylic acids is 2. The van der Waals surface area contributed by atoms with Crippen LogP contribution in [0.4, 0.5) is 0 Å². The molecule has 0 atom stereocenters. The number of nitrogens with zero attached hydrogens (tertiary/aromatic N) is 4. The van der Waals surface area contributed by atoms with E-state index in [1.54, 1.807) is 11.1 Å². The Morgan fingerprint density at radius 2 is 1.84 bits per heavy atom. The van der Waals surface area contributed by atoms with E-state index in [-0.39, 0.29) is 11.8 Å². The second-order valence-electron chi connectivity index (χ2n) is 6.25. The normalized spacial score (nSPS) is 14.4. The van der Waals surface area contributed by atoms with Gasteiger partial charge < -0.3 is 9.80 Å². The fraction of sp³-hybridized carbons (Fsp3) is 0.368. The standard InChI is InChI=1S/C19H22N4O2/c1-15-3-2-4-16(13-15)5-6-18(24)22-9-11-23(12-10-22)19(25)17-14-20-7-8-21-17/h2-4,7-8,13-14H,5-6,9-12H2,1H3. The highest BCUT2D eigenvalue weighted by Gasteiger charge is 2.25. The lowest BCUT2D eigenvalue weighted by molar-refractivity contribution is -0.132. The zero-order chi connectivity index (χ0) is 17.6. The van der Waals surface area contributed by atoms with E-state index in [0.717, 1.165) is 6.42 Å². The second-order valence-corrected chi connectivity index (χ2v) is 6.25. The molecule has 1 aromatic heterocycles. The van der Waals surface area contributed by atoms with Crippen molar-refractivity contribution in [1.82, 2.24) is 19.8 Å². The molecule has 2 aromatic rings. The minimum atomic E-state index is -0.125. The van der Waals surface area contributed by atoms with Crippen LogP contribution in [0.25, 0.3) is 0 Å². The molecule has 6 nitrogen and oxygen atoms in total. The van der Waals surface area contributed by atoms with Crippen LogP contribution in [-0.2, 0) is 11.2 Å². The predicted octanol–water partition coefficient (Wildman–Crippen LogP) is 1.70. The minimum absolute atomic E-state index is 0.125. The first-order valence-electron chi connectivity index (χ1n) is 8.52. The molecule has 0 unspecified atom stereocenters. The average molecular weight is 338 g/mol. The quantitative estimate of drug-likeness (QED) is 0.851. The first-order valence-corrected chi connectivity index (χ1v) is 8.52. The number of rotatable bonds is 4. The Kier molecular flexibility index (Phi) is 5.38. The van der Waals surface area contributed by atoms with Crippen molar-refractivity contribution in [3.63, 3.8) is 0 Å². The maximum absolute atomic E-state index is 12.4. The van der Waals surface area contributed by atoms with E-state index in [9.17, 15) is 9.59 Å². The molecule has 2 amide bonds. The lowest BCUT2D eigenvalue weighted by Crippen LogP contribution is -2.50. The van der Waals surface area contributed by atoms with Gasteiger partial charge in [-0.3, -0.25) is 14.6 Å². The number of hydrogen-bond donors (Lipinski definition) is 0. The fourth-order valence-corrected chi connectivity index (χ4v) is 3.01. The van der Waals surface area contributed by atoms with Gasteiger partial charge in [0.2, 0.25) is 5.91 Å². The van der Waals surface area contributed by atoms with Crippen LogP contribution in [0.2, 0.25) is 0 Å². The Morgan fingerprint density at radius 1 is 1.08 bits per heavy atom. The average Bonchev–Trinajstić information content (AvgIpc) is 2.66. The van der Waals surface area contributed by atoms with Crippen molar-refractivity contribution in [2.75, 3.05) is 26.2 Å². The van der Waals surface area contributed by atoms with E-state index in [0.29, 0.717) is 38.3 Å². The molecule has 0 N–H and O–H groups in total. The molecule has 0 spiro atoms. The third-order valence-electron chi connectivity index (χ3n) is 4.41. The summed E-state index contributed by atoms with van der Waals surface area (Å²) in [4.78, 5) is 36.3. The van der Waals surface area contributed by atoms with Gasteiger partial charge in [0.1, 0.15) is 5.69 Å². The molecule has 1 saturated heterocycles. The fourth-order valence-electron chi connectivity index (χ4n) is 3.01. The highest BCUT2D eigenvalue weighted by molar-refractivity contribution is 5.92.